The number of rotatable bonds is 3. The van der Waals surface area contributed by atoms with Crippen molar-refractivity contribution in [2.24, 2.45) is 5.92 Å². The molecule has 4 aromatic heterocycles. The minimum absolute atomic E-state index is 0.0494. The molecule has 5 rings (SSSR count). The summed E-state index contributed by atoms with van der Waals surface area (Å²) in [4.78, 5) is 31.4. The minimum atomic E-state index is -4.22. The molecule has 0 spiro atoms. The average molecular weight is 475 g/mol. The normalized spacial score (nSPS) is 16.3. The van der Waals surface area contributed by atoms with Crippen LogP contribution in [0, 0.1) is 19.8 Å². The van der Waals surface area contributed by atoms with Gasteiger partial charge in [0.1, 0.15) is 11.2 Å². The lowest BCUT2D eigenvalue weighted by molar-refractivity contribution is -0.177. The molecular formula is C23H21F3N4O2S. The van der Waals surface area contributed by atoms with Crippen molar-refractivity contribution in [2.75, 3.05) is 0 Å². The molecule has 0 saturated carbocycles. The maximum atomic E-state index is 13.3. The number of fused-ring (bicyclic) bond motifs is 2. The van der Waals surface area contributed by atoms with Crippen molar-refractivity contribution in [1.82, 2.24) is 18.5 Å². The molecule has 0 amide bonds. The van der Waals surface area contributed by atoms with E-state index in [-0.39, 0.29) is 36.0 Å². The van der Waals surface area contributed by atoms with Gasteiger partial charge in [-0.2, -0.15) is 13.2 Å². The van der Waals surface area contributed by atoms with E-state index >= 15 is 0 Å². The molecule has 0 aromatic carbocycles. The summed E-state index contributed by atoms with van der Waals surface area (Å²) in [6, 6.07) is 3.17. The van der Waals surface area contributed by atoms with Crippen LogP contribution < -0.4 is 11.1 Å². The smallest absolute Gasteiger partial charge is 0.305 e. The lowest BCUT2D eigenvalue weighted by Gasteiger charge is -2.25. The number of pyridine rings is 1. The van der Waals surface area contributed by atoms with E-state index < -0.39 is 12.1 Å². The second kappa shape index (κ2) is 7.72. The first-order valence-electron chi connectivity index (χ1n) is 10.5. The minimum Gasteiger partial charge on any atom is -0.305 e. The summed E-state index contributed by atoms with van der Waals surface area (Å²) < 4.78 is 44.4. The number of hydrogen-bond acceptors (Lipinski definition) is 4. The van der Waals surface area contributed by atoms with Crippen LogP contribution in [0.4, 0.5) is 13.2 Å². The Balaban J connectivity index is 1.55. The highest BCUT2D eigenvalue weighted by atomic mass is 32.1. The molecule has 1 aliphatic rings. The summed E-state index contributed by atoms with van der Waals surface area (Å²) in [5.41, 5.74) is 2.64. The molecule has 0 aliphatic heterocycles. The van der Waals surface area contributed by atoms with E-state index in [4.69, 9.17) is 0 Å². The fraction of sp³-hybridized carbons (Fsp3) is 0.348. The van der Waals surface area contributed by atoms with Crippen molar-refractivity contribution in [3.05, 3.63) is 84.3 Å². The average Bonchev–Trinajstić information content (AvgIpc) is 3.37. The quantitative estimate of drug-likeness (QED) is 0.450. The van der Waals surface area contributed by atoms with Crippen LogP contribution >= 0.6 is 11.3 Å². The molecule has 0 N–H and O–H groups in total. The van der Waals surface area contributed by atoms with Crippen molar-refractivity contribution >= 4 is 16.9 Å². The SMILES string of the molecule is Cc1cn(-c2ccc3c(=O)n(Cc4csc5c4CC(C(F)(F)F)CC5)c(C)cn3c2=O)cn1. The van der Waals surface area contributed by atoms with Gasteiger partial charge in [0, 0.05) is 23.0 Å². The Morgan fingerprint density at radius 3 is 2.64 bits per heavy atom. The van der Waals surface area contributed by atoms with Crippen LogP contribution in [0.25, 0.3) is 11.2 Å². The number of halogens is 3. The molecule has 10 heteroatoms. The lowest BCUT2D eigenvalue weighted by Crippen LogP contribution is -2.31. The molecule has 0 bridgehead atoms. The first-order valence-corrected chi connectivity index (χ1v) is 11.4. The van der Waals surface area contributed by atoms with Gasteiger partial charge in [0.15, 0.2) is 0 Å². The largest absolute Gasteiger partial charge is 0.392 e. The standard InChI is InChI=1S/C23H21F3N4O2S/c1-13-8-28(12-27-13)18-4-5-19-22(32)29(14(2)9-30(19)21(18)31)10-15-11-33-20-6-3-16(7-17(15)20)23(24,25)26/h4-5,8-9,11-12,16H,3,6-7,10H2,1-2H3. The summed E-state index contributed by atoms with van der Waals surface area (Å²) >= 11 is 1.46. The van der Waals surface area contributed by atoms with E-state index in [1.807, 2.05) is 12.3 Å². The van der Waals surface area contributed by atoms with Crippen LogP contribution in [0.1, 0.15) is 33.8 Å². The first kappa shape index (κ1) is 21.7. The molecule has 1 aliphatic carbocycles. The van der Waals surface area contributed by atoms with Crippen molar-refractivity contribution < 1.29 is 13.2 Å². The van der Waals surface area contributed by atoms with Crippen LogP contribution in [0.5, 0.6) is 0 Å². The summed E-state index contributed by atoms with van der Waals surface area (Å²) in [5, 5.41) is 1.86. The van der Waals surface area contributed by atoms with E-state index in [0.717, 1.165) is 16.1 Å². The Kier molecular flexibility index (Phi) is 5.08. The molecule has 4 aromatic rings. The third-order valence-corrected chi connectivity index (χ3v) is 7.46. The third-order valence-electron chi connectivity index (χ3n) is 6.32. The summed E-state index contributed by atoms with van der Waals surface area (Å²) in [7, 11) is 0. The van der Waals surface area contributed by atoms with Crippen LogP contribution in [-0.2, 0) is 19.4 Å². The number of nitrogens with zero attached hydrogens (tertiary/aromatic N) is 4. The zero-order chi connectivity index (χ0) is 23.5. The number of thiophene rings is 1. The molecule has 0 radical (unpaired) electrons. The summed E-state index contributed by atoms with van der Waals surface area (Å²) in [6.07, 6.45) is 1.11. The van der Waals surface area contributed by atoms with Gasteiger partial charge in [0.2, 0.25) is 0 Å². The van der Waals surface area contributed by atoms with Gasteiger partial charge in [0.05, 0.1) is 24.5 Å². The van der Waals surface area contributed by atoms with Gasteiger partial charge in [0.25, 0.3) is 11.1 Å². The van der Waals surface area contributed by atoms with Gasteiger partial charge >= 0.3 is 6.18 Å². The second-order valence-electron chi connectivity index (χ2n) is 8.51. The maximum absolute atomic E-state index is 13.3. The zero-order valence-corrected chi connectivity index (χ0v) is 18.8. The van der Waals surface area contributed by atoms with Gasteiger partial charge < -0.3 is 9.13 Å². The number of hydrogen-bond donors (Lipinski definition) is 0. The fourth-order valence-corrected chi connectivity index (χ4v) is 5.59. The Hall–Kier alpha value is -3.14. The molecule has 0 fully saturated rings. The topological polar surface area (TPSA) is 61.3 Å². The molecule has 4 heterocycles. The van der Waals surface area contributed by atoms with Crippen molar-refractivity contribution in [3.63, 3.8) is 0 Å². The fourth-order valence-electron chi connectivity index (χ4n) is 4.50. The van der Waals surface area contributed by atoms with Crippen molar-refractivity contribution in [1.29, 1.82) is 0 Å². The van der Waals surface area contributed by atoms with E-state index in [2.05, 4.69) is 4.98 Å². The maximum Gasteiger partial charge on any atom is 0.392 e. The van der Waals surface area contributed by atoms with E-state index in [1.54, 1.807) is 42.3 Å². The molecule has 172 valence electrons. The highest BCUT2D eigenvalue weighted by Crippen LogP contribution is 2.40. The Morgan fingerprint density at radius 1 is 1.15 bits per heavy atom. The van der Waals surface area contributed by atoms with Gasteiger partial charge in [-0.1, -0.05) is 0 Å². The lowest BCUT2D eigenvalue weighted by atomic mass is 9.86. The second-order valence-corrected chi connectivity index (χ2v) is 9.47. The Morgan fingerprint density at radius 2 is 1.94 bits per heavy atom. The Bertz CT molecular complexity index is 1490. The predicted octanol–water partition coefficient (Wildman–Crippen LogP) is 4.04. The molecular weight excluding hydrogens is 453 g/mol. The van der Waals surface area contributed by atoms with Crippen molar-refractivity contribution in [3.8, 4) is 5.69 Å². The predicted molar refractivity (Wildman–Crippen MR) is 120 cm³/mol. The summed E-state index contributed by atoms with van der Waals surface area (Å²) in [6.45, 7) is 3.71. The number of alkyl halides is 3. The molecule has 1 atom stereocenters. The van der Waals surface area contributed by atoms with Crippen molar-refractivity contribution in [2.45, 2.75) is 45.8 Å². The molecule has 1 unspecified atom stereocenters. The first-order chi connectivity index (χ1) is 15.6. The number of imidazole rings is 1. The van der Waals surface area contributed by atoms with Crippen LogP contribution in [0.2, 0.25) is 0 Å². The third kappa shape index (κ3) is 3.72. The van der Waals surface area contributed by atoms with Crippen LogP contribution in [-0.4, -0.2) is 24.7 Å². The van der Waals surface area contributed by atoms with E-state index in [9.17, 15) is 22.8 Å². The Labute approximate surface area is 190 Å². The van der Waals surface area contributed by atoms with Gasteiger partial charge in [-0.15, -0.1) is 11.3 Å². The highest BCUT2D eigenvalue weighted by Gasteiger charge is 2.42. The number of aromatic nitrogens is 4. The molecule has 0 saturated heterocycles. The zero-order valence-electron chi connectivity index (χ0n) is 18.0. The molecule has 6 nitrogen and oxygen atoms in total. The monoisotopic (exact) mass is 474 g/mol. The van der Waals surface area contributed by atoms with Crippen LogP contribution in [0.3, 0.4) is 0 Å². The van der Waals surface area contributed by atoms with Gasteiger partial charge in [-0.3, -0.25) is 14.0 Å². The molecule has 33 heavy (non-hydrogen) atoms. The van der Waals surface area contributed by atoms with E-state index in [0.29, 0.717) is 23.4 Å². The van der Waals surface area contributed by atoms with E-state index in [1.165, 1.54) is 20.3 Å². The van der Waals surface area contributed by atoms with Crippen LogP contribution in [0.15, 0.2) is 45.8 Å². The van der Waals surface area contributed by atoms with Gasteiger partial charge in [-0.05, 0) is 61.7 Å². The highest BCUT2D eigenvalue weighted by molar-refractivity contribution is 7.10. The summed E-state index contributed by atoms with van der Waals surface area (Å²) in [5.74, 6) is -1.35. The number of aryl methyl sites for hydroxylation is 3. The van der Waals surface area contributed by atoms with Gasteiger partial charge in [-0.25, -0.2) is 4.98 Å².